The molecule has 1 aromatic carbocycles. The molecule has 3 nitrogen and oxygen atoms in total. The first kappa shape index (κ1) is 14.8. The monoisotopic (exact) mass is 270 g/mol. The molecule has 1 rings (SSSR count). The van der Waals surface area contributed by atoms with Crippen molar-refractivity contribution < 1.29 is 14.6 Å². The van der Waals surface area contributed by atoms with Crippen molar-refractivity contribution in [3.05, 3.63) is 28.8 Å². The average Bonchev–Trinajstić information content (AvgIpc) is 2.33. The zero-order chi connectivity index (χ0) is 13.4. The molecule has 1 aromatic rings. The number of rotatable bonds is 8. The second-order valence-electron chi connectivity index (χ2n) is 4.21. The zero-order valence-corrected chi connectivity index (χ0v) is 11.4. The van der Waals surface area contributed by atoms with Crippen molar-refractivity contribution in [3.63, 3.8) is 0 Å². The molecule has 0 atom stereocenters. The molecule has 18 heavy (non-hydrogen) atoms. The molecule has 0 amide bonds. The van der Waals surface area contributed by atoms with Crippen LogP contribution < -0.4 is 4.74 Å². The number of carbonyl (C=O) groups is 1. The summed E-state index contributed by atoms with van der Waals surface area (Å²) in [4.78, 5) is 10.8. The summed E-state index contributed by atoms with van der Waals surface area (Å²) < 4.78 is 5.52. The molecule has 0 unspecified atom stereocenters. The van der Waals surface area contributed by atoms with Gasteiger partial charge in [-0.2, -0.15) is 0 Å². The van der Waals surface area contributed by atoms with E-state index in [-0.39, 0.29) is 10.6 Å². The second-order valence-corrected chi connectivity index (χ2v) is 4.62. The molecule has 0 saturated carbocycles. The molecule has 0 spiro atoms. The van der Waals surface area contributed by atoms with Crippen molar-refractivity contribution in [2.24, 2.45) is 0 Å². The molecule has 1 N–H and O–H groups in total. The van der Waals surface area contributed by atoms with Crippen LogP contribution in [0.15, 0.2) is 18.2 Å². The Hall–Kier alpha value is -1.22. The Balaban J connectivity index is 2.35. The summed E-state index contributed by atoms with van der Waals surface area (Å²) in [5.41, 5.74) is 0.104. The number of aromatic carboxylic acids is 1. The van der Waals surface area contributed by atoms with Gasteiger partial charge in [0, 0.05) is 0 Å². The van der Waals surface area contributed by atoms with E-state index in [9.17, 15) is 4.79 Å². The predicted molar refractivity (Wildman–Crippen MR) is 72.7 cm³/mol. The standard InChI is InChI=1S/C14H19ClO3/c1-2-3-4-5-6-9-18-11-7-8-12(14(16)17)13(15)10-11/h7-8,10H,2-6,9H2,1H3,(H,16,17). The number of ether oxygens (including phenoxy) is 1. The van der Waals surface area contributed by atoms with Gasteiger partial charge in [0.15, 0.2) is 0 Å². The van der Waals surface area contributed by atoms with Crippen LogP contribution in [-0.4, -0.2) is 17.7 Å². The van der Waals surface area contributed by atoms with E-state index < -0.39 is 5.97 Å². The van der Waals surface area contributed by atoms with Gasteiger partial charge in [0.05, 0.1) is 17.2 Å². The van der Waals surface area contributed by atoms with Gasteiger partial charge < -0.3 is 9.84 Å². The lowest BCUT2D eigenvalue weighted by Crippen LogP contribution is -2.00. The molecule has 0 saturated heterocycles. The van der Waals surface area contributed by atoms with Gasteiger partial charge >= 0.3 is 5.97 Å². The Bertz CT molecular complexity index is 391. The van der Waals surface area contributed by atoms with Crippen molar-refractivity contribution in [1.82, 2.24) is 0 Å². The van der Waals surface area contributed by atoms with Crippen LogP contribution in [0.4, 0.5) is 0 Å². The molecule has 0 aromatic heterocycles. The summed E-state index contributed by atoms with van der Waals surface area (Å²) in [7, 11) is 0. The minimum absolute atomic E-state index is 0.104. The molecular weight excluding hydrogens is 252 g/mol. The van der Waals surface area contributed by atoms with Crippen LogP contribution >= 0.6 is 11.6 Å². The van der Waals surface area contributed by atoms with Gasteiger partial charge in [-0.25, -0.2) is 4.79 Å². The third-order valence-electron chi connectivity index (χ3n) is 2.69. The van der Waals surface area contributed by atoms with E-state index in [4.69, 9.17) is 21.4 Å². The topological polar surface area (TPSA) is 46.5 Å². The number of hydrogen-bond acceptors (Lipinski definition) is 2. The fraction of sp³-hybridized carbons (Fsp3) is 0.500. The number of unbranched alkanes of at least 4 members (excludes halogenated alkanes) is 4. The number of halogens is 1. The van der Waals surface area contributed by atoms with Gasteiger partial charge in [-0.05, 0) is 24.6 Å². The molecule has 4 heteroatoms. The molecule has 0 aliphatic rings. The summed E-state index contributed by atoms with van der Waals surface area (Å²) in [5.74, 6) is -0.397. The van der Waals surface area contributed by atoms with E-state index in [0.717, 1.165) is 12.8 Å². The summed E-state index contributed by atoms with van der Waals surface area (Å²) in [6.07, 6.45) is 5.90. The quantitative estimate of drug-likeness (QED) is 0.713. The molecule has 100 valence electrons. The predicted octanol–water partition coefficient (Wildman–Crippen LogP) is 4.39. The summed E-state index contributed by atoms with van der Waals surface area (Å²) in [6.45, 7) is 2.83. The van der Waals surface area contributed by atoms with Crippen molar-refractivity contribution in [1.29, 1.82) is 0 Å². The van der Waals surface area contributed by atoms with Crippen LogP contribution in [0.2, 0.25) is 5.02 Å². The van der Waals surface area contributed by atoms with Crippen LogP contribution in [0, 0.1) is 0 Å². The van der Waals surface area contributed by atoms with E-state index in [1.54, 1.807) is 12.1 Å². The van der Waals surface area contributed by atoms with E-state index >= 15 is 0 Å². The van der Waals surface area contributed by atoms with Gasteiger partial charge in [0.25, 0.3) is 0 Å². The highest BCUT2D eigenvalue weighted by Crippen LogP contribution is 2.22. The van der Waals surface area contributed by atoms with Crippen molar-refractivity contribution in [2.45, 2.75) is 39.0 Å². The van der Waals surface area contributed by atoms with Crippen LogP contribution in [-0.2, 0) is 0 Å². The van der Waals surface area contributed by atoms with Gasteiger partial charge in [-0.15, -0.1) is 0 Å². The van der Waals surface area contributed by atoms with E-state index in [0.29, 0.717) is 12.4 Å². The lowest BCUT2D eigenvalue weighted by Gasteiger charge is -2.07. The van der Waals surface area contributed by atoms with Crippen LogP contribution in [0.1, 0.15) is 49.4 Å². The molecule has 0 radical (unpaired) electrons. The Morgan fingerprint density at radius 3 is 2.61 bits per heavy atom. The SMILES string of the molecule is CCCCCCCOc1ccc(C(=O)O)c(Cl)c1. The normalized spacial score (nSPS) is 10.3. The first-order valence-electron chi connectivity index (χ1n) is 6.30. The largest absolute Gasteiger partial charge is 0.494 e. The van der Waals surface area contributed by atoms with E-state index in [2.05, 4.69) is 6.92 Å². The van der Waals surface area contributed by atoms with Crippen molar-refractivity contribution in [2.75, 3.05) is 6.61 Å². The third kappa shape index (κ3) is 4.96. The highest BCUT2D eigenvalue weighted by Gasteiger charge is 2.09. The first-order valence-corrected chi connectivity index (χ1v) is 6.68. The zero-order valence-electron chi connectivity index (χ0n) is 10.6. The maximum Gasteiger partial charge on any atom is 0.337 e. The number of carboxylic acid groups (broad SMARTS) is 1. The second kappa shape index (κ2) is 7.98. The number of carboxylic acids is 1. The minimum Gasteiger partial charge on any atom is -0.494 e. The summed E-state index contributed by atoms with van der Waals surface area (Å²) in [5, 5.41) is 9.04. The molecule has 0 heterocycles. The lowest BCUT2D eigenvalue weighted by atomic mass is 10.2. The molecule has 0 aliphatic heterocycles. The van der Waals surface area contributed by atoms with Crippen LogP contribution in [0.3, 0.4) is 0 Å². The maximum atomic E-state index is 10.8. The fourth-order valence-corrected chi connectivity index (χ4v) is 1.91. The Morgan fingerprint density at radius 1 is 1.28 bits per heavy atom. The maximum absolute atomic E-state index is 10.8. The highest BCUT2D eigenvalue weighted by atomic mass is 35.5. The van der Waals surface area contributed by atoms with E-state index in [1.165, 1.54) is 25.3 Å². The summed E-state index contributed by atoms with van der Waals surface area (Å²) in [6, 6.07) is 4.66. The van der Waals surface area contributed by atoms with Crippen LogP contribution in [0.5, 0.6) is 5.75 Å². The highest BCUT2D eigenvalue weighted by molar-refractivity contribution is 6.33. The lowest BCUT2D eigenvalue weighted by molar-refractivity contribution is 0.0697. The van der Waals surface area contributed by atoms with Gasteiger partial charge in [0.2, 0.25) is 0 Å². The van der Waals surface area contributed by atoms with Crippen molar-refractivity contribution >= 4 is 17.6 Å². The smallest absolute Gasteiger partial charge is 0.337 e. The van der Waals surface area contributed by atoms with Gasteiger partial charge in [0.1, 0.15) is 5.75 Å². The van der Waals surface area contributed by atoms with E-state index in [1.807, 2.05) is 0 Å². The average molecular weight is 271 g/mol. The molecular formula is C14H19ClO3. The molecule has 0 bridgehead atoms. The molecule has 0 aliphatic carbocycles. The minimum atomic E-state index is -1.02. The van der Waals surface area contributed by atoms with Gasteiger partial charge in [-0.3, -0.25) is 0 Å². The summed E-state index contributed by atoms with van der Waals surface area (Å²) >= 11 is 5.84. The van der Waals surface area contributed by atoms with Gasteiger partial charge in [-0.1, -0.05) is 44.2 Å². The molecule has 0 fully saturated rings. The first-order chi connectivity index (χ1) is 8.65. The van der Waals surface area contributed by atoms with Crippen molar-refractivity contribution in [3.8, 4) is 5.75 Å². The number of benzene rings is 1. The Labute approximate surface area is 113 Å². The number of hydrogen-bond donors (Lipinski definition) is 1. The van der Waals surface area contributed by atoms with Crippen LogP contribution in [0.25, 0.3) is 0 Å². The Morgan fingerprint density at radius 2 is 2.00 bits per heavy atom. The fourth-order valence-electron chi connectivity index (χ4n) is 1.65. The Kier molecular flexibility index (Phi) is 6.58. The third-order valence-corrected chi connectivity index (χ3v) is 3.00.